The van der Waals surface area contributed by atoms with Crippen molar-refractivity contribution in [2.45, 2.75) is 12.8 Å². The van der Waals surface area contributed by atoms with Crippen LogP contribution in [-0.4, -0.2) is 11.1 Å². The van der Waals surface area contributed by atoms with E-state index in [1.54, 1.807) is 24.3 Å². The molecule has 0 bridgehead atoms. The van der Waals surface area contributed by atoms with Gasteiger partial charge in [-0.05, 0) is 30.5 Å². The van der Waals surface area contributed by atoms with Gasteiger partial charge in [0.1, 0.15) is 0 Å². The summed E-state index contributed by atoms with van der Waals surface area (Å²) in [5.41, 5.74) is 1.37. The second-order valence-corrected chi connectivity index (χ2v) is 2.83. The van der Waals surface area contributed by atoms with Gasteiger partial charge in [-0.2, -0.15) is 0 Å². The van der Waals surface area contributed by atoms with E-state index in [0.29, 0.717) is 5.56 Å². The first kappa shape index (κ1) is 8.78. The van der Waals surface area contributed by atoms with Crippen LogP contribution in [0.3, 0.4) is 0 Å². The van der Waals surface area contributed by atoms with Crippen molar-refractivity contribution in [3.63, 3.8) is 0 Å². The quantitative estimate of drug-likeness (QED) is 0.726. The summed E-state index contributed by atoms with van der Waals surface area (Å²) in [5.74, 6) is -0.689. The lowest BCUT2D eigenvalue weighted by Crippen LogP contribution is -1.96. The van der Waals surface area contributed by atoms with Crippen LogP contribution in [0.2, 0.25) is 0 Å². The van der Waals surface area contributed by atoms with Gasteiger partial charge in [-0.3, -0.25) is 0 Å². The van der Waals surface area contributed by atoms with E-state index in [4.69, 9.17) is 5.11 Å². The van der Waals surface area contributed by atoms with Crippen LogP contribution in [0, 0.1) is 6.92 Å². The molecule has 1 aromatic carbocycles. The summed E-state index contributed by atoms with van der Waals surface area (Å²) < 4.78 is 0. The van der Waals surface area contributed by atoms with Gasteiger partial charge < -0.3 is 5.11 Å². The highest BCUT2D eigenvalue weighted by Crippen LogP contribution is 2.13. The minimum atomic E-state index is -0.890. The average Bonchev–Trinajstić information content (AvgIpc) is 2.04. The van der Waals surface area contributed by atoms with Crippen molar-refractivity contribution in [1.82, 2.24) is 0 Å². The highest BCUT2D eigenvalue weighted by molar-refractivity contribution is 5.87. The van der Waals surface area contributed by atoms with Crippen LogP contribution in [0.1, 0.15) is 28.8 Å². The Balaban J connectivity index is 2.93. The Morgan fingerprint density at radius 3 is 2.25 bits per heavy atom. The lowest BCUT2D eigenvalue weighted by Gasteiger charge is -2.03. The van der Waals surface area contributed by atoms with E-state index in [9.17, 15) is 4.79 Å². The molecular formula is C10H11O2. The molecule has 1 unspecified atom stereocenters. The Morgan fingerprint density at radius 1 is 1.42 bits per heavy atom. The zero-order valence-corrected chi connectivity index (χ0v) is 6.95. The van der Waals surface area contributed by atoms with Crippen LogP contribution >= 0.6 is 0 Å². The minimum absolute atomic E-state index is 0.202. The number of carboxylic acid groups (broad SMARTS) is 1. The fourth-order valence-corrected chi connectivity index (χ4v) is 0.954. The van der Waals surface area contributed by atoms with Crippen LogP contribution < -0.4 is 0 Å². The van der Waals surface area contributed by atoms with E-state index < -0.39 is 5.97 Å². The second-order valence-electron chi connectivity index (χ2n) is 2.83. The Kier molecular flexibility index (Phi) is 2.48. The highest BCUT2D eigenvalue weighted by atomic mass is 16.4. The molecule has 2 nitrogen and oxygen atoms in total. The molecule has 1 N–H and O–H groups in total. The van der Waals surface area contributed by atoms with E-state index in [1.165, 1.54) is 0 Å². The van der Waals surface area contributed by atoms with Crippen LogP contribution in [-0.2, 0) is 0 Å². The number of carboxylic acids is 1. The van der Waals surface area contributed by atoms with E-state index in [0.717, 1.165) is 5.56 Å². The van der Waals surface area contributed by atoms with Crippen molar-refractivity contribution in [1.29, 1.82) is 0 Å². The van der Waals surface area contributed by atoms with Gasteiger partial charge in [-0.25, -0.2) is 4.79 Å². The molecule has 63 valence electrons. The third-order valence-corrected chi connectivity index (χ3v) is 1.73. The third kappa shape index (κ3) is 1.84. The molecule has 0 aliphatic rings. The Bertz CT molecular complexity index is 272. The maximum Gasteiger partial charge on any atom is 0.335 e. The maximum absolute atomic E-state index is 10.5. The van der Waals surface area contributed by atoms with Crippen LogP contribution in [0.15, 0.2) is 24.3 Å². The minimum Gasteiger partial charge on any atom is -0.478 e. The molecule has 0 amide bonds. The van der Waals surface area contributed by atoms with E-state index >= 15 is 0 Å². The van der Waals surface area contributed by atoms with Crippen LogP contribution in [0.25, 0.3) is 0 Å². The summed E-state index contributed by atoms with van der Waals surface area (Å²) in [7, 11) is 0. The summed E-state index contributed by atoms with van der Waals surface area (Å²) in [4.78, 5) is 10.5. The predicted molar refractivity (Wildman–Crippen MR) is 47.2 cm³/mol. The van der Waals surface area contributed by atoms with Crippen molar-refractivity contribution < 1.29 is 9.90 Å². The standard InChI is InChI=1S/C10H11O2/c1-7(2)8-3-5-9(6-4-8)10(11)12/h3-7H,1H2,2H3,(H,11,12). The molecular weight excluding hydrogens is 152 g/mol. The summed E-state index contributed by atoms with van der Waals surface area (Å²) in [6.45, 7) is 5.80. The van der Waals surface area contributed by atoms with Crippen molar-refractivity contribution in [2.24, 2.45) is 0 Å². The smallest absolute Gasteiger partial charge is 0.335 e. The molecule has 0 spiro atoms. The van der Waals surface area contributed by atoms with Crippen LogP contribution in [0.5, 0.6) is 0 Å². The molecule has 1 radical (unpaired) electrons. The van der Waals surface area contributed by atoms with Crippen molar-refractivity contribution >= 4 is 5.97 Å². The summed E-state index contributed by atoms with van der Waals surface area (Å²) in [5, 5.41) is 8.60. The Morgan fingerprint density at radius 2 is 1.92 bits per heavy atom. The van der Waals surface area contributed by atoms with Gasteiger partial charge in [0.05, 0.1) is 5.56 Å². The van der Waals surface area contributed by atoms with E-state index in [2.05, 4.69) is 6.92 Å². The van der Waals surface area contributed by atoms with Gasteiger partial charge in [0.2, 0.25) is 0 Å². The normalized spacial score (nSPS) is 10.2. The number of carbonyl (C=O) groups is 1. The first-order chi connectivity index (χ1) is 5.61. The summed E-state index contributed by atoms with van der Waals surface area (Å²) in [6, 6.07) is 6.78. The Labute approximate surface area is 71.8 Å². The third-order valence-electron chi connectivity index (χ3n) is 1.73. The molecule has 1 rings (SSSR count). The van der Waals surface area contributed by atoms with E-state index in [1.807, 2.05) is 6.92 Å². The first-order valence-electron chi connectivity index (χ1n) is 3.77. The number of hydrogen-bond acceptors (Lipinski definition) is 1. The second kappa shape index (κ2) is 3.39. The lowest BCUT2D eigenvalue weighted by atomic mass is 10.0. The Hall–Kier alpha value is -1.31. The molecule has 0 fully saturated rings. The highest BCUT2D eigenvalue weighted by Gasteiger charge is 2.02. The molecule has 0 aliphatic carbocycles. The fraction of sp³-hybridized carbons (Fsp3) is 0.200. The first-order valence-corrected chi connectivity index (χ1v) is 3.77. The monoisotopic (exact) mass is 163 g/mol. The molecule has 1 atom stereocenters. The van der Waals surface area contributed by atoms with Gasteiger partial charge in [0.15, 0.2) is 0 Å². The molecule has 1 aromatic rings. The SMILES string of the molecule is [CH2]C(C)c1ccc(C(=O)O)cc1. The van der Waals surface area contributed by atoms with E-state index in [-0.39, 0.29) is 5.92 Å². The molecule has 2 heteroatoms. The fourth-order valence-electron chi connectivity index (χ4n) is 0.954. The molecule has 0 aromatic heterocycles. The van der Waals surface area contributed by atoms with Gasteiger partial charge >= 0.3 is 5.97 Å². The summed E-state index contributed by atoms with van der Waals surface area (Å²) in [6.07, 6.45) is 0. The van der Waals surface area contributed by atoms with Gasteiger partial charge in [0, 0.05) is 0 Å². The average molecular weight is 163 g/mol. The number of rotatable bonds is 2. The summed E-state index contributed by atoms with van der Waals surface area (Å²) >= 11 is 0. The zero-order chi connectivity index (χ0) is 9.14. The zero-order valence-electron chi connectivity index (χ0n) is 6.95. The van der Waals surface area contributed by atoms with Gasteiger partial charge in [-0.15, -0.1) is 0 Å². The molecule has 0 saturated heterocycles. The lowest BCUT2D eigenvalue weighted by molar-refractivity contribution is 0.0697. The van der Waals surface area contributed by atoms with Crippen molar-refractivity contribution in [3.05, 3.63) is 42.3 Å². The number of aromatic carboxylic acids is 1. The van der Waals surface area contributed by atoms with Gasteiger partial charge in [-0.1, -0.05) is 19.1 Å². The molecule has 0 aliphatic heterocycles. The number of benzene rings is 1. The van der Waals surface area contributed by atoms with Crippen molar-refractivity contribution in [3.8, 4) is 0 Å². The molecule has 12 heavy (non-hydrogen) atoms. The predicted octanol–water partition coefficient (Wildman–Crippen LogP) is 2.32. The molecule has 0 heterocycles. The van der Waals surface area contributed by atoms with Gasteiger partial charge in [0.25, 0.3) is 0 Å². The van der Waals surface area contributed by atoms with Crippen LogP contribution in [0.4, 0.5) is 0 Å². The topological polar surface area (TPSA) is 37.3 Å². The number of hydrogen-bond donors (Lipinski definition) is 1. The molecule has 0 saturated carbocycles. The largest absolute Gasteiger partial charge is 0.478 e. The van der Waals surface area contributed by atoms with Crippen molar-refractivity contribution in [2.75, 3.05) is 0 Å². The maximum atomic E-state index is 10.5.